The van der Waals surface area contributed by atoms with Gasteiger partial charge in [0.25, 0.3) is 0 Å². The number of carbonyl (C=O) groups is 2. The number of hydrazone groups is 1. The summed E-state index contributed by atoms with van der Waals surface area (Å²) in [4.78, 5) is 23.6. The molecular formula is C19H20ClN3O4. The Kier molecular flexibility index (Phi) is 7.19. The van der Waals surface area contributed by atoms with Crippen molar-refractivity contribution < 1.29 is 19.4 Å². The highest BCUT2D eigenvalue weighted by Gasteiger charge is 2.12. The minimum Gasteiger partial charge on any atom is -0.503 e. The first-order chi connectivity index (χ1) is 12.9. The molecule has 0 saturated carbocycles. The van der Waals surface area contributed by atoms with E-state index in [4.69, 9.17) is 16.3 Å². The lowest BCUT2D eigenvalue weighted by molar-refractivity contribution is -0.139. The molecular weight excluding hydrogens is 370 g/mol. The van der Waals surface area contributed by atoms with Crippen LogP contribution < -0.4 is 15.5 Å². The zero-order chi connectivity index (χ0) is 19.8. The van der Waals surface area contributed by atoms with Crippen LogP contribution in [0.5, 0.6) is 11.5 Å². The number of nitrogens with one attached hydrogen (secondary N) is 2. The molecule has 8 heteroatoms. The van der Waals surface area contributed by atoms with Gasteiger partial charge < -0.3 is 15.2 Å². The van der Waals surface area contributed by atoms with Gasteiger partial charge in [-0.25, -0.2) is 5.43 Å². The van der Waals surface area contributed by atoms with Crippen molar-refractivity contribution in [2.75, 3.05) is 6.61 Å². The Labute approximate surface area is 162 Å². The van der Waals surface area contributed by atoms with Crippen LogP contribution in [0.25, 0.3) is 0 Å². The number of phenolic OH excluding ortho intramolecular Hbond substituents is 1. The molecule has 0 unspecified atom stereocenters. The molecule has 2 aromatic rings. The average Bonchev–Trinajstić information content (AvgIpc) is 2.65. The fourth-order valence-electron chi connectivity index (χ4n) is 2.12. The third-order valence-electron chi connectivity index (χ3n) is 3.51. The van der Waals surface area contributed by atoms with E-state index in [1.165, 1.54) is 18.3 Å². The second kappa shape index (κ2) is 9.59. The highest BCUT2D eigenvalue weighted by Crippen LogP contribution is 2.34. The molecule has 0 aromatic heterocycles. The lowest BCUT2D eigenvalue weighted by atomic mass is 10.1. The predicted molar refractivity (Wildman–Crippen MR) is 103 cm³/mol. The Morgan fingerprint density at radius 1 is 1.22 bits per heavy atom. The smallest absolute Gasteiger partial charge is 0.329 e. The molecule has 3 N–H and O–H groups in total. The molecule has 0 bridgehead atoms. The second-order valence-corrected chi connectivity index (χ2v) is 6.06. The van der Waals surface area contributed by atoms with E-state index >= 15 is 0 Å². The topological polar surface area (TPSA) is 100 Å². The van der Waals surface area contributed by atoms with Crippen molar-refractivity contribution in [3.63, 3.8) is 0 Å². The van der Waals surface area contributed by atoms with Crippen molar-refractivity contribution in [3.8, 4) is 11.5 Å². The van der Waals surface area contributed by atoms with E-state index in [-0.39, 0.29) is 23.1 Å². The molecule has 0 aliphatic carbocycles. The number of nitrogens with zero attached hydrogens (tertiary/aromatic N) is 1. The number of aryl methyl sites for hydroxylation is 1. The molecule has 0 spiro atoms. The molecule has 0 aliphatic rings. The quantitative estimate of drug-likeness (QED) is 0.401. The monoisotopic (exact) mass is 389 g/mol. The molecule has 0 heterocycles. The van der Waals surface area contributed by atoms with Gasteiger partial charge in [-0.05, 0) is 37.1 Å². The molecule has 7 nitrogen and oxygen atoms in total. The van der Waals surface area contributed by atoms with E-state index in [1.807, 2.05) is 31.2 Å². The number of amides is 2. The number of benzene rings is 2. The first-order valence-electron chi connectivity index (χ1n) is 8.22. The molecule has 0 aliphatic heterocycles. The molecule has 2 amide bonds. The number of phenols is 1. The van der Waals surface area contributed by atoms with Crippen molar-refractivity contribution in [1.29, 1.82) is 0 Å². The lowest BCUT2D eigenvalue weighted by Crippen LogP contribution is -2.37. The molecule has 27 heavy (non-hydrogen) atoms. The third-order valence-corrected chi connectivity index (χ3v) is 3.80. The fourth-order valence-corrected chi connectivity index (χ4v) is 2.34. The van der Waals surface area contributed by atoms with E-state index in [2.05, 4.69) is 15.8 Å². The zero-order valence-electron chi connectivity index (χ0n) is 15.0. The average molecular weight is 390 g/mol. The van der Waals surface area contributed by atoms with Crippen LogP contribution in [-0.4, -0.2) is 29.7 Å². The normalized spacial score (nSPS) is 10.6. The number of hydrogen-bond donors (Lipinski definition) is 3. The van der Waals surface area contributed by atoms with Crippen LogP contribution in [0, 0.1) is 6.92 Å². The molecule has 0 radical (unpaired) electrons. The first kappa shape index (κ1) is 20.3. The minimum atomic E-state index is -0.895. The Morgan fingerprint density at radius 2 is 1.93 bits per heavy atom. The summed E-state index contributed by atoms with van der Waals surface area (Å²) in [6.45, 7) is 4.32. The lowest BCUT2D eigenvalue weighted by Gasteiger charge is -2.08. The van der Waals surface area contributed by atoms with E-state index in [0.717, 1.165) is 11.1 Å². The Morgan fingerprint density at radius 3 is 2.59 bits per heavy atom. The summed E-state index contributed by atoms with van der Waals surface area (Å²) in [5.41, 5.74) is 4.61. The van der Waals surface area contributed by atoms with E-state index < -0.39 is 11.8 Å². The summed E-state index contributed by atoms with van der Waals surface area (Å²) in [6, 6.07) is 10.5. The van der Waals surface area contributed by atoms with Gasteiger partial charge in [-0.3, -0.25) is 9.59 Å². The van der Waals surface area contributed by atoms with Crippen LogP contribution in [0.4, 0.5) is 0 Å². The van der Waals surface area contributed by atoms with Gasteiger partial charge in [0.1, 0.15) is 0 Å². The minimum absolute atomic E-state index is 0.0876. The van der Waals surface area contributed by atoms with Gasteiger partial charge in [0.15, 0.2) is 11.5 Å². The molecule has 0 fully saturated rings. The summed E-state index contributed by atoms with van der Waals surface area (Å²) in [5, 5.41) is 16.1. The number of ether oxygens (including phenoxy) is 1. The van der Waals surface area contributed by atoms with Gasteiger partial charge in [0.05, 0.1) is 17.8 Å². The number of rotatable bonds is 6. The summed E-state index contributed by atoms with van der Waals surface area (Å²) in [5.74, 6) is -1.66. The van der Waals surface area contributed by atoms with Crippen LogP contribution in [-0.2, 0) is 16.1 Å². The van der Waals surface area contributed by atoms with E-state index in [0.29, 0.717) is 12.2 Å². The molecule has 0 atom stereocenters. The van der Waals surface area contributed by atoms with E-state index in [9.17, 15) is 14.7 Å². The summed E-state index contributed by atoms with van der Waals surface area (Å²) in [7, 11) is 0. The standard InChI is InChI=1S/C19H20ClN3O4/c1-3-27-16-9-14(8-15(20)17(16)24)11-22-23-19(26)18(25)21-10-13-6-4-12(2)5-7-13/h4-9,11,24H,3,10H2,1-2H3,(H,21,25)(H,23,26)/b22-11-. The van der Waals surface area contributed by atoms with Crippen LogP contribution in [0.3, 0.4) is 0 Å². The first-order valence-corrected chi connectivity index (χ1v) is 8.60. The molecule has 142 valence electrons. The number of carbonyl (C=O) groups excluding carboxylic acids is 2. The third kappa shape index (κ3) is 6.00. The maximum atomic E-state index is 11.8. The van der Waals surface area contributed by atoms with Crippen molar-refractivity contribution in [2.24, 2.45) is 5.10 Å². The van der Waals surface area contributed by atoms with E-state index in [1.54, 1.807) is 6.92 Å². The SMILES string of the molecule is CCOc1cc(/C=N\NC(=O)C(=O)NCc2ccc(C)cc2)cc(Cl)c1O. The summed E-state index contributed by atoms with van der Waals surface area (Å²) >= 11 is 5.91. The van der Waals surface area contributed by atoms with Crippen LogP contribution >= 0.6 is 11.6 Å². The van der Waals surface area contributed by atoms with Crippen molar-refractivity contribution in [3.05, 3.63) is 58.1 Å². The number of aromatic hydroxyl groups is 1. The van der Waals surface area contributed by atoms with Gasteiger partial charge in [-0.2, -0.15) is 5.10 Å². The van der Waals surface area contributed by atoms with Crippen molar-refractivity contribution in [1.82, 2.24) is 10.7 Å². The van der Waals surface area contributed by atoms with Crippen molar-refractivity contribution in [2.45, 2.75) is 20.4 Å². The molecule has 0 saturated heterocycles. The maximum absolute atomic E-state index is 11.8. The number of hydrogen-bond acceptors (Lipinski definition) is 5. The van der Waals surface area contributed by atoms with Gasteiger partial charge >= 0.3 is 11.8 Å². The highest BCUT2D eigenvalue weighted by molar-refractivity contribution is 6.35. The highest BCUT2D eigenvalue weighted by atomic mass is 35.5. The number of halogens is 1. The van der Waals surface area contributed by atoms with Crippen LogP contribution in [0.2, 0.25) is 5.02 Å². The Balaban J connectivity index is 1.90. The zero-order valence-corrected chi connectivity index (χ0v) is 15.7. The Bertz CT molecular complexity index is 851. The molecule has 2 aromatic carbocycles. The second-order valence-electron chi connectivity index (χ2n) is 5.65. The van der Waals surface area contributed by atoms with Gasteiger partial charge in [0, 0.05) is 6.54 Å². The maximum Gasteiger partial charge on any atom is 0.329 e. The van der Waals surface area contributed by atoms with Crippen LogP contribution in [0.15, 0.2) is 41.5 Å². The summed E-state index contributed by atoms with van der Waals surface area (Å²) in [6.07, 6.45) is 1.29. The molecule has 2 rings (SSSR count). The summed E-state index contributed by atoms with van der Waals surface area (Å²) < 4.78 is 5.26. The van der Waals surface area contributed by atoms with Gasteiger partial charge in [-0.15, -0.1) is 0 Å². The fraction of sp³-hybridized carbons (Fsp3) is 0.211. The van der Waals surface area contributed by atoms with Gasteiger partial charge in [0.2, 0.25) is 0 Å². The largest absolute Gasteiger partial charge is 0.503 e. The van der Waals surface area contributed by atoms with Crippen LogP contribution in [0.1, 0.15) is 23.6 Å². The Hall–Kier alpha value is -3.06. The predicted octanol–water partition coefficient (Wildman–Crippen LogP) is 2.52. The van der Waals surface area contributed by atoms with Crippen molar-refractivity contribution >= 4 is 29.6 Å². The van der Waals surface area contributed by atoms with Gasteiger partial charge in [-0.1, -0.05) is 41.4 Å².